The summed E-state index contributed by atoms with van der Waals surface area (Å²) in [6, 6.07) is 9.06. The minimum atomic E-state index is -0.281. The minimum absolute atomic E-state index is 0.199. The molecule has 2 aromatic carbocycles. The Bertz CT molecular complexity index is 1330. The minimum Gasteiger partial charge on any atom is -0.491 e. The zero-order valence-corrected chi connectivity index (χ0v) is 21.5. The molecule has 1 aliphatic rings. The third-order valence-corrected chi connectivity index (χ3v) is 6.72. The maximum atomic E-state index is 13.1. The zero-order chi connectivity index (χ0) is 26.0. The van der Waals surface area contributed by atoms with Crippen molar-refractivity contribution in [2.75, 3.05) is 29.5 Å². The van der Waals surface area contributed by atoms with Crippen molar-refractivity contribution in [3.8, 4) is 5.75 Å². The number of amides is 2. The fourth-order valence-electron chi connectivity index (χ4n) is 4.25. The average Bonchev–Trinajstić information content (AvgIpc) is 3.06. The molecule has 1 atom stereocenters. The standard InChI is InChI=1S/C26H30ClN7O2/c1-14-7-5-6-8-21(14)33-26(35)34-9-10-36-23-18(11-20(27)15(2)19(23)12-34)17(4)32-25-22(16(3)28)24(29)30-13-31-25/h5-8,11,13,17,28H,9-10,12H2,1-4H3,(H,33,35)(H3,29,30,31,32). The summed E-state index contributed by atoms with van der Waals surface area (Å²) in [4.78, 5) is 23.2. The number of aromatic nitrogens is 2. The summed E-state index contributed by atoms with van der Waals surface area (Å²) in [6.07, 6.45) is 1.36. The number of nitrogens with one attached hydrogen (secondary N) is 3. The molecule has 2 heterocycles. The molecule has 0 bridgehead atoms. The molecule has 4 rings (SSSR count). The smallest absolute Gasteiger partial charge is 0.322 e. The molecule has 1 aromatic heterocycles. The van der Waals surface area contributed by atoms with Crippen LogP contribution in [0.2, 0.25) is 5.02 Å². The summed E-state index contributed by atoms with van der Waals surface area (Å²) in [5.74, 6) is 1.39. The molecule has 0 spiro atoms. The van der Waals surface area contributed by atoms with Gasteiger partial charge in [-0.05, 0) is 51.0 Å². The van der Waals surface area contributed by atoms with Gasteiger partial charge < -0.3 is 31.4 Å². The van der Waals surface area contributed by atoms with E-state index in [1.807, 2.05) is 51.1 Å². The number of benzene rings is 2. The number of urea groups is 1. The highest BCUT2D eigenvalue weighted by Gasteiger charge is 2.27. The number of para-hydroxylation sites is 1. The van der Waals surface area contributed by atoms with E-state index in [-0.39, 0.29) is 23.6 Å². The molecule has 0 saturated carbocycles. The van der Waals surface area contributed by atoms with Crippen molar-refractivity contribution in [2.24, 2.45) is 0 Å². The van der Waals surface area contributed by atoms with Gasteiger partial charge in [0.2, 0.25) is 0 Å². The number of hydrogen-bond acceptors (Lipinski definition) is 7. The summed E-state index contributed by atoms with van der Waals surface area (Å²) in [6.45, 7) is 8.59. The molecule has 3 aromatic rings. The van der Waals surface area contributed by atoms with Crippen LogP contribution in [0.4, 0.5) is 22.1 Å². The first-order chi connectivity index (χ1) is 17.2. The third kappa shape index (κ3) is 5.06. The number of nitrogen functional groups attached to an aromatic ring is 1. The predicted octanol–water partition coefficient (Wildman–Crippen LogP) is 5.32. The topological polar surface area (TPSA) is 129 Å². The normalized spacial score (nSPS) is 13.8. The second kappa shape index (κ2) is 10.4. The summed E-state index contributed by atoms with van der Waals surface area (Å²) in [5, 5.41) is 15.0. The first-order valence-electron chi connectivity index (χ1n) is 11.7. The Morgan fingerprint density at radius 1 is 1.28 bits per heavy atom. The van der Waals surface area contributed by atoms with Crippen LogP contribution >= 0.6 is 11.6 Å². The van der Waals surface area contributed by atoms with E-state index in [4.69, 9.17) is 27.5 Å². The fourth-order valence-corrected chi connectivity index (χ4v) is 4.48. The molecule has 10 heteroatoms. The number of rotatable bonds is 5. The van der Waals surface area contributed by atoms with Crippen molar-refractivity contribution < 1.29 is 9.53 Å². The highest BCUT2D eigenvalue weighted by atomic mass is 35.5. The van der Waals surface area contributed by atoms with E-state index in [1.54, 1.807) is 11.8 Å². The van der Waals surface area contributed by atoms with Crippen LogP contribution in [0.1, 0.15) is 47.7 Å². The van der Waals surface area contributed by atoms with Crippen LogP contribution in [0.5, 0.6) is 5.75 Å². The quantitative estimate of drug-likeness (QED) is 0.346. The lowest BCUT2D eigenvalue weighted by atomic mass is 9.98. The molecule has 188 valence electrons. The van der Waals surface area contributed by atoms with Gasteiger partial charge >= 0.3 is 6.03 Å². The van der Waals surface area contributed by atoms with Gasteiger partial charge in [-0.3, -0.25) is 0 Å². The van der Waals surface area contributed by atoms with E-state index in [2.05, 4.69) is 20.6 Å². The average molecular weight is 508 g/mol. The molecule has 0 radical (unpaired) electrons. The highest BCUT2D eigenvalue weighted by molar-refractivity contribution is 6.31. The van der Waals surface area contributed by atoms with Crippen LogP contribution in [-0.2, 0) is 6.54 Å². The van der Waals surface area contributed by atoms with Crippen LogP contribution in [0.15, 0.2) is 36.7 Å². The van der Waals surface area contributed by atoms with E-state index < -0.39 is 0 Å². The number of ether oxygens (including phenoxy) is 1. The monoisotopic (exact) mass is 507 g/mol. The van der Waals surface area contributed by atoms with Gasteiger partial charge in [0.1, 0.15) is 30.3 Å². The number of halogens is 1. The Kier molecular flexibility index (Phi) is 7.30. The van der Waals surface area contributed by atoms with Gasteiger partial charge in [-0.1, -0.05) is 29.8 Å². The number of anilines is 3. The molecular formula is C26H30ClN7O2. The molecule has 1 unspecified atom stereocenters. The van der Waals surface area contributed by atoms with Gasteiger partial charge in [-0.2, -0.15) is 0 Å². The number of aryl methyl sites for hydroxylation is 1. The number of nitrogens with zero attached hydrogens (tertiary/aromatic N) is 3. The maximum Gasteiger partial charge on any atom is 0.322 e. The largest absolute Gasteiger partial charge is 0.491 e. The molecule has 36 heavy (non-hydrogen) atoms. The van der Waals surface area contributed by atoms with Crippen LogP contribution in [0.3, 0.4) is 0 Å². The molecular weight excluding hydrogens is 478 g/mol. The molecule has 0 fully saturated rings. The lowest BCUT2D eigenvalue weighted by Crippen LogP contribution is -2.36. The highest BCUT2D eigenvalue weighted by Crippen LogP contribution is 2.39. The van der Waals surface area contributed by atoms with Gasteiger partial charge in [-0.25, -0.2) is 14.8 Å². The zero-order valence-electron chi connectivity index (χ0n) is 20.8. The van der Waals surface area contributed by atoms with E-state index in [1.165, 1.54) is 6.33 Å². The SMILES string of the molecule is CC(=N)c1c(N)ncnc1NC(C)c1cc(Cl)c(C)c2c1OCCN(C(=O)Nc1ccccc1C)C2. The van der Waals surface area contributed by atoms with Crippen LogP contribution in [0, 0.1) is 19.3 Å². The Morgan fingerprint density at radius 3 is 2.75 bits per heavy atom. The molecule has 0 aliphatic carbocycles. The molecule has 5 N–H and O–H groups in total. The Labute approximate surface area is 215 Å². The van der Waals surface area contributed by atoms with E-state index in [0.29, 0.717) is 41.8 Å². The Balaban J connectivity index is 1.64. The summed E-state index contributed by atoms with van der Waals surface area (Å²) in [5.41, 5.74) is 11.0. The van der Waals surface area contributed by atoms with Gasteiger partial charge in [0.15, 0.2) is 0 Å². The van der Waals surface area contributed by atoms with E-state index in [9.17, 15) is 4.79 Å². The van der Waals surface area contributed by atoms with Gasteiger partial charge in [-0.15, -0.1) is 0 Å². The van der Waals surface area contributed by atoms with Gasteiger partial charge in [0, 0.05) is 27.5 Å². The first kappa shape index (κ1) is 25.2. The third-order valence-electron chi connectivity index (χ3n) is 6.33. The van der Waals surface area contributed by atoms with Crippen molar-refractivity contribution in [1.29, 1.82) is 5.41 Å². The summed E-state index contributed by atoms with van der Waals surface area (Å²) >= 11 is 6.65. The molecule has 0 saturated heterocycles. The lowest BCUT2D eigenvalue weighted by Gasteiger charge is -2.24. The number of fused-ring (bicyclic) bond motifs is 1. The maximum absolute atomic E-state index is 13.1. The van der Waals surface area contributed by atoms with Crippen molar-refractivity contribution in [1.82, 2.24) is 14.9 Å². The van der Waals surface area contributed by atoms with Gasteiger partial charge in [0.25, 0.3) is 0 Å². The second-order valence-corrected chi connectivity index (χ2v) is 9.28. The van der Waals surface area contributed by atoms with E-state index >= 15 is 0 Å². The van der Waals surface area contributed by atoms with Crippen LogP contribution in [-0.4, -0.2) is 39.8 Å². The fraction of sp³-hybridized carbons (Fsp3) is 0.308. The van der Waals surface area contributed by atoms with Crippen molar-refractivity contribution >= 4 is 40.7 Å². The lowest BCUT2D eigenvalue weighted by molar-refractivity contribution is 0.200. The number of nitrogens with two attached hydrogens (primary N) is 1. The Hall–Kier alpha value is -3.85. The van der Waals surface area contributed by atoms with Crippen molar-refractivity contribution in [3.05, 3.63) is 69.5 Å². The molecule has 9 nitrogen and oxygen atoms in total. The first-order valence-corrected chi connectivity index (χ1v) is 12.0. The Morgan fingerprint density at radius 2 is 2.03 bits per heavy atom. The predicted molar refractivity (Wildman–Crippen MR) is 143 cm³/mol. The van der Waals surface area contributed by atoms with Crippen molar-refractivity contribution in [2.45, 2.75) is 40.3 Å². The van der Waals surface area contributed by atoms with Crippen LogP contribution in [0.25, 0.3) is 0 Å². The second-order valence-electron chi connectivity index (χ2n) is 8.87. The summed E-state index contributed by atoms with van der Waals surface area (Å²) < 4.78 is 6.21. The summed E-state index contributed by atoms with van der Waals surface area (Å²) in [7, 11) is 0. The van der Waals surface area contributed by atoms with E-state index in [0.717, 1.165) is 27.9 Å². The van der Waals surface area contributed by atoms with Crippen LogP contribution < -0.4 is 21.1 Å². The molecule has 1 aliphatic heterocycles. The number of hydrogen-bond donors (Lipinski definition) is 4. The number of carbonyl (C=O) groups excluding carboxylic acids is 1. The number of carbonyl (C=O) groups is 1. The molecule has 2 amide bonds. The van der Waals surface area contributed by atoms with Crippen molar-refractivity contribution in [3.63, 3.8) is 0 Å². The van der Waals surface area contributed by atoms with Gasteiger partial charge in [0.05, 0.1) is 24.7 Å².